The minimum Gasteiger partial charge on any atom is -0.350 e. The van der Waals surface area contributed by atoms with Crippen LogP contribution in [-0.2, 0) is 11.3 Å². The van der Waals surface area contributed by atoms with Gasteiger partial charge < -0.3 is 9.88 Å². The van der Waals surface area contributed by atoms with Gasteiger partial charge in [-0.1, -0.05) is 17.8 Å². The number of hydrogen-bond donors (Lipinski definition) is 1. The molecule has 1 aromatic heterocycles. The summed E-state index contributed by atoms with van der Waals surface area (Å²) >= 11 is 1.50. The fourth-order valence-corrected chi connectivity index (χ4v) is 6.53. The van der Waals surface area contributed by atoms with E-state index in [0.717, 1.165) is 28.7 Å². The summed E-state index contributed by atoms with van der Waals surface area (Å²) in [5, 5.41) is 12.5. The van der Waals surface area contributed by atoms with E-state index in [1.165, 1.54) is 50.3 Å². The summed E-state index contributed by atoms with van der Waals surface area (Å²) in [5.74, 6) is 3.53. The van der Waals surface area contributed by atoms with E-state index in [0.29, 0.717) is 6.54 Å². The molecule has 4 saturated carbocycles. The van der Waals surface area contributed by atoms with Gasteiger partial charge in [0.15, 0.2) is 5.16 Å². The molecule has 5 nitrogen and oxygen atoms in total. The Labute approximate surface area is 154 Å². The molecule has 5 rings (SSSR count). The fraction of sp³-hybridized carbons (Fsp3) is 0.737. The Kier molecular flexibility index (Phi) is 4.42. The molecule has 0 aromatic carbocycles. The summed E-state index contributed by atoms with van der Waals surface area (Å²) in [7, 11) is 0. The molecular formula is C19H28N4OS. The average molecular weight is 361 g/mol. The number of nitrogens with one attached hydrogen (secondary N) is 1. The molecule has 0 aliphatic heterocycles. The minimum atomic E-state index is -0.167. The molecule has 4 fully saturated rings. The molecule has 1 amide bonds. The molecule has 6 heteroatoms. The zero-order chi connectivity index (χ0) is 17.6. The molecule has 4 bridgehead atoms. The first-order valence-electron chi connectivity index (χ1n) is 9.47. The number of aryl methyl sites for hydroxylation is 1. The van der Waals surface area contributed by atoms with Gasteiger partial charge in [0, 0.05) is 12.1 Å². The van der Waals surface area contributed by atoms with Gasteiger partial charge in [0.05, 0.1) is 5.25 Å². The van der Waals surface area contributed by atoms with Crippen molar-refractivity contribution in [3.63, 3.8) is 0 Å². The minimum absolute atomic E-state index is 0.0748. The predicted molar refractivity (Wildman–Crippen MR) is 99.3 cm³/mol. The van der Waals surface area contributed by atoms with Crippen molar-refractivity contribution in [2.24, 2.45) is 17.8 Å². The highest BCUT2D eigenvalue weighted by Gasteiger charge is 2.51. The van der Waals surface area contributed by atoms with Crippen LogP contribution in [0.25, 0.3) is 0 Å². The lowest BCUT2D eigenvalue weighted by atomic mass is 9.53. The smallest absolute Gasteiger partial charge is 0.233 e. The molecule has 25 heavy (non-hydrogen) atoms. The summed E-state index contributed by atoms with van der Waals surface area (Å²) in [5.41, 5.74) is 0.0748. The highest BCUT2D eigenvalue weighted by molar-refractivity contribution is 8.00. The maximum Gasteiger partial charge on any atom is 0.233 e. The Morgan fingerprint density at radius 3 is 2.48 bits per heavy atom. The number of hydrogen-bond acceptors (Lipinski definition) is 4. The first-order valence-corrected chi connectivity index (χ1v) is 10.4. The number of thioether (sulfide) groups is 1. The topological polar surface area (TPSA) is 59.8 Å². The number of carbonyl (C=O) groups excluding carboxylic acids is 1. The van der Waals surface area contributed by atoms with Gasteiger partial charge in [-0.2, -0.15) is 0 Å². The Hall–Kier alpha value is -1.30. The van der Waals surface area contributed by atoms with Crippen LogP contribution in [0.4, 0.5) is 0 Å². The highest BCUT2D eigenvalue weighted by atomic mass is 32.2. The van der Waals surface area contributed by atoms with Crippen molar-refractivity contribution in [3.05, 3.63) is 18.5 Å². The lowest BCUT2D eigenvalue weighted by Crippen LogP contribution is -2.60. The van der Waals surface area contributed by atoms with Crippen LogP contribution in [-0.4, -0.2) is 31.5 Å². The maximum atomic E-state index is 12.9. The van der Waals surface area contributed by atoms with Crippen LogP contribution < -0.4 is 5.32 Å². The Morgan fingerprint density at radius 2 is 1.92 bits per heavy atom. The lowest BCUT2D eigenvalue weighted by molar-refractivity contribution is -0.126. The van der Waals surface area contributed by atoms with Gasteiger partial charge >= 0.3 is 0 Å². The third-order valence-electron chi connectivity index (χ3n) is 6.29. The quantitative estimate of drug-likeness (QED) is 0.624. The van der Waals surface area contributed by atoms with Crippen LogP contribution >= 0.6 is 11.8 Å². The third-order valence-corrected chi connectivity index (χ3v) is 7.37. The number of rotatable bonds is 6. The van der Waals surface area contributed by atoms with E-state index in [9.17, 15) is 4.79 Å². The van der Waals surface area contributed by atoms with E-state index in [1.54, 1.807) is 0 Å². The molecule has 136 valence electrons. The normalized spacial score (nSPS) is 34.1. The van der Waals surface area contributed by atoms with E-state index in [-0.39, 0.29) is 16.7 Å². The van der Waals surface area contributed by atoms with Gasteiger partial charge in [0.2, 0.25) is 5.91 Å². The number of aromatic nitrogens is 3. The number of nitrogens with zero attached hydrogens (tertiary/aromatic N) is 3. The van der Waals surface area contributed by atoms with Crippen LogP contribution in [0.15, 0.2) is 17.8 Å². The second-order valence-corrected chi connectivity index (χ2v) is 9.68. The van der Waals surface area contributed by atoms with Gasteiger partial charge in [0.25, 0.3) is 0 Å². The van der Waals surface area contributed by atoms with Crippen molar-refractivity contribution in [2.45, 2.75) is 74.9 Å². The molecular weight excluding hydrogens is 332 g/mol. The summed E-state index contributed by atoms with van der Waals surface area (Å²) in [6.45, 7) is 8.37. The monoisotopic (exact) mass is 360 g/mol. The van der Waals surface area contributed by atoms with Gasteiger partial charge in [0.1, 0.15) is 5.82 Å². The number of allylic oxidation sites excluding steroid dienone is 1. The summed E-state index contributed by atoms with van der Waals surface area (Å²) in [4.78, 5) is 12.9. The van der Waals surface area contributed by atoms with Gasteiger partial charge in [-0.25, -0.2) is 0 Å². The van der Waals surface area contributed by atoms with E-state index in [4.69, 9.17) is 0 Å². The first-order chi connectivity index (χ1) is 12.0. The van der Waals surface area contributed by atoms with Crippen LogP contribution in [0.5, 0.6) is 0 Å². The lowest BCUT2D eigenvalue weighted by Gasteiger charge is -2.57. The third kappa shape index (κ3) is 3.25. The van der Waals surface area contributed by atoms with Crippen LogP contribution in [0.1, 0.15) is 51.3 Å². The SMILES string of the molecule is C=CCn1c(C)nnc1S[C@H](C)C(=O)NC12CC3CC(CC(C3)C1)C2. The molecule has 0 spiro atoms. The van der Waals surface area contributed by atoms with E-state index in [2.05, 4.69) is 22.1 Å². The van der Waals surface area contributed by atoms with E-state index < -0.39 is 0 Å². The van der Waals surface area contributed by atoms with E-state index in [1.807, 2.05) is 24.5 Å². The van der Waals surface area contributed by atoms with Crippen molar-refractivity contribution < 1.29 is 4.79 Å². The summed E-state index contributed by atoms with van der Waals surface area (Å²) in [6.07, 6.45) is 9.58. The molecule has 1 aromatic rings. The predicted octanol–water partition coefficient (Wildman–Crippen LogP) is 3.34. The molecule has 0 unspecified atom stereocenters. The molecule has 1 N–H and O–H groups in total. The van der Waals surface area contributed by atoms with Crippen molar-refractivity contribution >= 4 is 17.7 Å². The standard InChI is InChI=1S/C19H28N4OS/c1-4-5-23-13(3)21-22-18(23)25-12(2)17(24)20-19-9-14-6-15(10-19)8-16(7-14)11-19/h4,12,14-16H,1,5-11H2,2-3H3,(H,20,24)/t12-,14?,15?,16?,19?/m1/s1. The van der Waals surface area contributed by atoms with E-state index >= 15 is 0 Å². The zero-order valence-corrected chi connectivity index (χ0v) is 16.0. The molecule has 1 atom stereocenters. The molecule has 4 aliphatic carbocycles. The Bertz CT molecular complexity index is 648. The average Bonchev–Trinajstić information content (AvgIpc) is 2.86. The molecule has 1 heterocycles. The number of carbonyl (C=O) groups is 1. The van der Waals surface area contributed by atoms with Gasteiger partial charge in [-0.3, -0.25) is 4.79 Å². The van der Waals surface area contributed by atoms with Crippen LogP contribution in [0.3, 0.4) is 0 Å². The van der Waals surface area contributed by atoms with Gasteiger partial charge in [-0.15, -0.1) is 16.8 Å². The van der Waals surface area contributed by atoms with Crippen molar-refractivity contribution in [1.29, 1.82) is 0 Å². The summed E-state index contributed by atoms with van der Waals surface area (Å²) < 4.78 is 2.01. The van der Waals surface area contributed by atoms with Crippen LogP contribution in [0, 0.1) is 24.7 Å². The first kappa shape index (κ1) is 17.1. The Balaban J connectivity index is 1.42. The van der Waals surface area contributed by atoms with Crippen molar-refractivity contribution in [3.8, 4) is 0 Å². The second kappa shape index (κ2) is 6.45. The largest absolute Gasteiger partial charge is 0.350 e. The summed E-state index contributed by atoms with van der Waals surface area (Å²) in [6, 6.07) is 0. The maximum absolute atomic E-state index is 12.9. The number of amides is 1. The second-order valence-electron chi connectivity index (χ2n) is 8.38. The Morgan fingerprint density at radius 1 is 1.32 bits per heavy atom. The molecule has 4 aliphatic rings. The van der Waals surface area contributed by atoms with Gasteiger partial charge in [-0.05, 0) is 70.1 Å². The van der Waals surface area contributed by atoms with Crippen molar-refractivity contribution in [2.75, 3.05) is 0 Å². The fourth-order valence-electron chi connectivity index (χ4n) is 5.63. The molecule has 0 radical (unpaired) electrons. The van der Waals surface area contributed by atoms with Crippen molar-refractivity contribution in [1.82, 2.24) is 20.1 Å². The highest BCUT2D eigenvalue weighted by Crippen LogP contribution is 2.55. The molecule has 0 saturated heterocycles. The zero-order valence-electron chi connectivity index (χ0n) is 15.2. The van der Waals surface area contributed by atoms with Crippen LogP contribution in [0.2, 0.25) is 0 Å².